The van der Waals surface area contributed by atoms with Crippen molar-refractivity contribution in [2.75, 3.05) is 25.0 Å². The van der Waals surface area contributed by atoms with Gasteiger partial charge in [0.05, 0.1) is 18.2 Å². The Bertz CT molecular complexity index is 786. The summed E-state index contributed by atoms with van der Waals surface area (Å²) >= 11 is 3.46. The van der Waals surface area contributed by atoms with Gasteiger partial charge in [-0.05, 0) is 59.9 Å². The molecule has 0 aliphatic carbocycles. The van der Waals surface area contributed by atoms with Crippen LogP contribution in [0, 0.1) is 6.92 Å². The second-order valence-electron chi connectivity index (χ2n) is 6.06. The Kier molecular flexibility index (Phi) is 5.15. The number of anilines is 1. The zero-order valence-corrected chi connectivity index (χ0v) is 14.9. The summed E-state index contributed by atoms with van der Waals surface area (Å²) in [4.78, 5) is 25.4. The summed E-state index contributed by atoms with van der Waals surface area (Å²) < 4.78 is 5.91. The van der Waals surface area contributed by atoms with Crippen molar-refractivity contribution in [3.8, 4) is 0 Å². The van der Waals surface area contributed by atoms with Crippen molar-refractivity contribution in [3.05, 3.63) is 44.7 Å². The largest absolute Gasteiger partial charge is 0.434 e. The van der Waals surface area contributed by atoms with Crippen molar-refractivity contribution in [2.24, 2.45) is 0 Å². The predicted molar refractivity (Wildman–Crippen MR) is 93.0 cm³/mol. The average Bonchev–Trinajstić information content (AvgIpc) is 2.97. The summed E-state index contributed by atoms with van der Waals surface area (Å²) in [5.74, 6) is -0.143. The van der Waals surface area contributed by atoms with Crippen LogP contribution in [-0.4, -0.2) is 40.6 Å². The third kappa shape index (κ3) is 4.12. The summed E-state index contributed by atoms with van der Waals surface area (Å²) in [7, 11) is 0. The quantitative estimate of drug-likeness (QED) is 0.829. The fourth-order valence-corrected chi connectivity index (χ4v) is 3.52. The first-order valence-electron chi connectivity index (χ1n) is 7.85. The van der Waals surface area contributed by atoms with Gasteiger partial charge in [-0.25, -0.2) is 9.89 Å². The maximum Gasteiger partial charge on any atom is 0.434 e. The maximum absolute atomic E-state index is 12.3. The van der Waals surface area contributed by atoms with E-state index in [2.05, 4.69) is 36.3 Å². The Morgan fingerprint density at radius 2 is 2.38 bits per heavy atom. The van der Waals surface area contributed by atoms with Crippen LogP contribution in [0.3, 0.4) is 0 Å². The molecule has 1 aliphatic heterocycles. The molecule has 1 fully saturated rings. The van der Waals surface area contributed by atoms with E-state index in [1.165, 1.54) is 0 Å². The van der Waals surface area contributed by atoms with Crippen molar-refractivity contribution in [1.82, 2.24) is 15.1 Å². The lowest BCUT2D eigenvalue weighted by atomic mass is 9.98. The van der Waals surface area contributed by atoms with Gasteiger partial charge in [0.25, 0.3) is 0 Å². The molecule has 0 unspecified atom stereocenters. The fraction of sp³-hybridized carbons (Fsp3) is 0.438. The van der Waals surface area contributed by atoms with E-state index in [4.69, 9.17) is 4.42 Å². The molecule has 24 heavy (non-hydrogen) atoms. The molecule has 1 aliphatic rings. The summed E-state index contributed by atoms with van der Waals surface area (Å²) in [6, 6.07) is 5.80. The van der Waals surface area contributed by atoms with Gasteiger partial charge in [-0.1, -0.05) is 6.07 Å². The zero-order valence-electron chi connectivity index (χ0n) is 13.3. The number of nitrogens with one attached hydrogen (secondary N) is 2. The van der Waals surface area contributed by atoms with E-state index in [-0.39, 0.29) is 11.8 Å². The molecule has 2 N–H and O–H groups in total. The lowest BCUT2D eigenvalue weighted by Gasteiger charge is -2.30. The van der Waals surface area contributed by atoms with E-state index in [0.29, 0.717) is 19.0 Å². The Morgan fingerprint density at radius 1 is 1.54 bits per heavy atom. The van der Waals surface area contributed by atoms with Crippen LogP contribution in [0.5, 0.6) is 0 Å². The number of benzene rings is 1. The van der Waals surface area contributed by atoms with E-state index in [1.807, 2.05) is 25.1 Å². The van der Waals surface area contributed by atoms with Crippen LogP contribution >= 0.6 is 15.9 Å². The highest BCUT2D eigenvalue weighted by Gasteiger charge is 2.26. The first kappa shape index (κ1) is 16.9. The van der Waals surface area contributed by atoms with Crippen molar-refractivity contribution in [2.45, 2.75) is 25.7 Å². The molecule has 0 bridgehead atoms. The van der Waals surface area contributed by atoms with Crippen molar-refractivity contribution in [1.29, 1.82) is 0 Å². The number of aryl methyl sites for hydroxylation is 1. The lowest BCUT2D eigenvalue weighted by Crippen LogP contribution is -2.39. The zero-order chi connectivity index (χ0) is 17.1. The molecule has 128 valence electrons. The number of piperidine rings is 1. The molecular weight excluding hydrogens is 376 g/mol. The molecule has 1 saturated heterocycles. The molecule has 2 heterocycles. The van der Waals surface area contributed by atoms with Crippen LogP contribution in [0.25, 0.3) is 0 Å². The Labute approximate surface area is 147 Å². The normalized spacial score (nSPS) is 18.5. The van der Waals surface area contributed by atoms with Crippen LogP contribution in [-0.2, 0) is 4.79 Å². The SMILES string of the molecule is Cc1ccc(NC(=O)CN2CCC[C@@H](c3n[nH]c(=O)o3)C2)c(Br)c1. The Morgan fingerprint density at radius 3 is 3.08 bits per heavy atom. The molecule has 1 amide bonds. The third-order valence-corrected chi connectivity index (χ3v) is 4.73. The van der Waals surface area contributed by atoms with Gasteiger partial charge >= 0.3 is 5.76 Å². The average molecular weight is 395 g/mol. The van der Waals surface area contributed by atoms with E-state index >= 15 is 0 Å². The number of likely N-dealkylation sites (tertiary alicyclic amines) is 1. The second kappa shape index (κ2) is 7.31. The van der Waals surface area contributed by atoms with Gasteiger partial charge in [-0.2, -0.15) is 0 Å². The van der Waals surface area contributed by atoms with Gasteiger partial charge in [0.15, 0.2) is 0 Å². The van der Waals surface area contributed by atoms with Gasteiger partial charge in [0, 0.05) is 11.0 Å². The number of hydrogen-bond acceptors (Lipinski definition) is 5. The number of amides is 1. The first-order valence-corrected chi connectivity index (χ1v) is 8.64. The number of nitrogens with zero attached hydrogens (tertiary/aromatic N) is 2. The van der Waals surface area contributed by atoms with Gasteiger partial charge in [-0.15, -0.1) is 5.10 Å². The van der Waals surface area contributed by atoms with Crippen LogP contribution in [0.2, 0.25) is 0 Å². The molecule has 1 atom stereocenters. The number of hydrogen-bond donors (Lipinski definition) is 2. The summed E-state index contributed by atoms with van der Waals surface area (Å²) in [5.41, 5.74) is 1.89. The van der Waals surface area contributed by atoms with E-state index in [0.717, 1.165) is 35.1 Å². The molecular formula is C16H19BrN4O3. The van der Waals surface area contributed by atoms with Crippen LogP contribution < -0.4 is 11.1 Å². The maximum atomic E-state index is 12.3. The van der Waals surface area contributed by atoms with E-state index in [9.17, 15) is 9.59 Å². The minimum atomic E-state index is -0.538. The second-order valence-corrected chi connectivity index (χ2v) is 6.91. The molecule has 0 saturated carbocycles. The molecule has 0 radical (unpaired) electrons. The molecule has 3 rings (SSSR count). The molecule has 7 nitrogen and oxygen atoms in total. The molecule has 2 aromatic rings. The third-order valence-electron chi connectivity index (χ3n) is 4.08. The highest BCUT2D eigenvalue weighted by molar-refractivity contribution is 9.10. The number of carbonyl (C=O) groups excluding carboxylic acids is 1. The Balaban J connectivity index is 1.58. The summed E-state index contributed by atoms with van der Waals surface area (Å²) in [6.45, 7) is 3.78. The molecule has 0 spiro atoms. The van der Waals surface area contributed by atoms with Crippen LogP contribution in [0.15, 0.2) is 31.9 Å². The first-order chi connectivity index (χ1) is 11.5. The number of carbonyl (C=O) groups is 1. The van der Waals surface area contributed by atoms with Gasteiger partial charge in [0.1, 0.15) is 0 Å². The minimum absolute atomic E-state index is 0.0385. The molecule has 8 heteroatoms. The highest BCUT2D eigenvalue weighted by Crippen LogP contribution is 2.25. The standard InChI is InChI=1S/C16H19BrN4O3/c1-10-4-5-13(12(17)7-10)18-14(22)9-21-6-2-3-11(8-21)15-19-20-16(23)24-15/h4-5,7,11H,2-3,6,8-9H2,1H3,(H,18,22)(H,20,23)/t11-/m1/s1. The monoisotopic (exact) mass is 394 g/mol. The number of halogens is 1. The highest BCUT2D eigenvalue weighted by atomic mass is 79.9. The van der Waals surface area contributed by atoms with Crippen molar-refractivity contribution in [3.63, 3.8) is 0 Å². The van der Waals surface area contributed by atoms with Crippen LogP contribution in [0.1, 0.15) is 30.2 Å². The number of H-pyrrole nitrogens is 1. The van der Waals surface area contributed by atoms with Gasteiger partial charge < -0.3 is 9.73 Å². The number of aromatic nitrogens is 2. The smallest absolute Gasteiger partial charge is 0.392 e. The van der Waals surface area contributed by atoms with Crippen molar-refractivity contribution >= 4 is 27.5 Å². The summed E-state index contributed by atoms with van der Waals surface area (Å²) in [6.07, 6.45) is 1.83. The summed E-state index contributed by atoms with van der Waals surface area (Å²) in [5, 5.41) is 9.11. The topological polar surface area (TPSA) is 91.2 Å². The number of rotatable bonds is 4. The predicted octanol–water partition coefficient (Wildman–Crippen LogP) is 2.25. The van der Waals surface area contributed by atoms with E-state index in [1.54, 1.807) is 0 Å². The van der Waals surface area contributed by atoms with Gasteiger partial charge in [-0.3, -0.25) is 9.69 Å². The molecule has 1 aromatic carbocycles. The van der Waals surface area contributed by atoms with Crippen molar-refractivity contribution < 1.29 is 9.21 Å². The van der Waals surface area contributed by atoms with Gasteiger partial charge in [0.2, 0.25) is 11.8 Å². The minimum Gasteiger partial charge on any atom is -0.392 e. The fourth-order valence-electron chi connectivity index (χ4n) is 2.93. The van der Waals surface area contributed by atoms with Crippen LogP contribution in [0.4, 0.5) is 5.69 Å². The Hall–Kier alpha value is -1.93. The van der Waals surface area contributed by atoms with E-state index < -0.39 is 5.76 Å². The molecule has 1 aromatic heterocycles. The lowest BCUT2D eigenvalue weighted by molar-refractivity contribution is -0.117. The number of aromatic amines is 1.